The Morgan fingerprint density at radius 2 is 2.20 bits per heavy atom. The molecule has 1 rings (SSSR count). The van der Waals surface area contributed by atoms with Crippen molar-refractivity contribution in [3.8, 4) is 0 Å². The molecule has 0 fully saturated rings. The molecule has 0 unspecified atom stereocenters. The molecule has 0 bridgehead atoms. The van der Waals surface area contributed by atoms with Crippen LogP contribution in [-0.2, 0) is 6.42 Å². The van der Waals surface area contributed by atoms with Crippen molar-refractivity contribution in [3.63, 3.8) is 0 Å². The van der Waals surface area contributed by atoms with Gasteiger partial charge < -0.3 is 0 Å². The quantitative estimate of drug-likeness (QED) is 0.618. The molecule has 0 radical (unpaired) electrons. The number of halogens is 1. The second-order valence-corrected chi connectivity index (χ2v) is 2.96. The summed E-state index contributed by atoms with van der Waals surface area (Å²) in [7, 11) is 0. The standard InChI is InChI=1S/C8H9ClS/c1-2-6-4-3-5-7(10)8(6)9/h3-5,10H,2H2,1H3. The summed E-state index contributed by atoms with van der Waals surface area (Å²) >= 11 is 10.1. The highest BCUT2D eigenvalue weighted by atomic mass is 35.5. The topological polar surface area (TPSA) is 0 Å². The van der Waals surface area contributed by atoms with E-state index in [0.717, 1.165) is 21.9 Å². The highest BCUT2D eigenvalue weighted by molar-refractivity contribution is 7.80. The summed E-state index contributed by atoms with van der Waals surface area (Å²) in [5.41, 5.74) is 1.16. The lowest BCUT2D eigenvalue weighted by Crippen LogP contribution is -1.81. The monoisotopic (exact) mass is 172 g/mol. The summed E-state index contributed by atoms with van der Waals surface area (Å²) < 4.78 is 0. The third kappa shape index (κ3) is 1.47. The van der Waals surface area contributed by atoms with Crippen LogP contribution in [0.5, 0.6) is 0 Å². The molecule has 0 aromatic heterocycles. The van der Waals surface area contributed by atoms with Crippen LogP contribution in [0.1, 0.15) is 12.5 Å². The van der Waals surface area contributed by atoms with E-state index in [1.54, 1.807) is 0 Å². The van der Waals surface area contributed by atoms with Gasteiger partial charge in [-0.05, 0) is 18.1 Å². The van der Waals surface area contributed by atoms with Crippen LogP contribution in [0, 0.1) is 0 Å². The number of rotatable bonds is 1. The lowest BCUT2D eigenvalue weighted by molar-refractivity contribution is 1.12. The molecule has 0 spiro atoms. The second kappa shape index (κ2) is 3.31. The van der Waals surface area contributed by atoms with E-state index in [4.69, 9.17) is 11.6 Å². The van der Waals surface area contributed by atoms with Crippen LogP contribution in [0.25, 0.3) is 0 Å². The molecule has 0 aliphatic rings. The molecule has 1 aromatic carbocycles. The smallest absolute Gasteiger partial charge is 0.0571 e. The minimum atomic E-state index is 0.785. The van der Waals surface area contributed by atoms with Crippen molar-refractivity contribution < 1.29 is 0 Å². The molecule has 0 heterocycles. The Morgan fingerprint density at radius 1 is 1.50 bits per heavy atom. The van der Waals surface area contributed by atoms with Crippen molar-refractivity contribution in [2.24, 2.45) is 0 Å². The molecule has 0 aliphatic heterocycles. The highest BCUT2D eigenvalue weighted by Gasteiger charge is 1.98. The van der Waals surface area contributed by atoms with Gasteiger partial charge in [-0.15, -0.1) is 12.6 Å². The number of benzene rings is 1. The first kappa shape index (κ1) is 7.96. The van der Waals surface area contributed by atoms with Crippen LogP contribution in [0.4, 0.5) is 0 Å². The molecule has 2 heteroatoms. The van der Waals surface area contributed by atoms with E-state index in [2.05, 4.69) is 19.6 Å². The van der Waals surface area contributed by atoms with Gasteiger partial charge in [0.2, 0.25) is 0 Å². The molecule has 54 valence electrons. The summed E-state index contributed by atoms with van der Waals surface area (Å²) in [5, 5.41) is 0.785. The van der Waals surface area contributed by atoms with Crippen LogP contribution in [0.2, 0.25) is 5.02 Å². The van der Waals surface area contributed by atoms with E-state index in [0.29, 0.717) is 0 Å². The molecule has 0 aliphatic carbocycles. The Hall–Kier alpha value is -0.140. The Bertz CT molecular complexity index is 233. The lowest BCUT2D eigenvalue weighted by Gasteiger charge is -2.01. The minimum absolute atomic E-state index is 0.785. The third-order valence-corrected chi connectivity index (χ3v) is 2.39. The van der Waals surface area contributed by atoms with Crippen molar-refractivity contribution in [1.29, 1.82) is 0 Å². The predicted octanol–water partition coefficient (Wildman–Crippen LogP) is 3.19. The van der Waals surface area contributed by atoms with Crippen LogP contribution < -0.4 is 0 Å². The first-order chi connectivity index (χ1) is 4.75. The summed E-state index contributed by atoms with van der Waals surface area (Å²) in [6, 6.07) is 5.87. The van der Waals surface area contributed by atoms with Crippen LogP contribution >= 0.6 is 24.2 Å². The molecule has 0 saturated heterocycles. The minimum Gasteiger partial charge on any atom is -0.142 e. The van der Waals surface area contributed by atoms with Gasteiger partial charge in [-0.3, -0.25) is 0 Å². The van der Waals surface area contributed by atoms with Crippen molar-refractivity contribution in [2.75, 3.05) is 0 Å². The fourth-order valence-corrected chi connectivity index (χ4v) is 1.33. The largest absolute Gasteiger partial charge is 0.142 e. The number of aryl methyl sites for hydroxylation is 1. The van der Waals surface area contributed by atoms with Gasteiger partial charge in [0.15, 0.2) is 0 Å². The van der Waals surface area contributed by atoms with Gasteiger partial charge >= 0.3 is 0 Å². The predicted molar refractivity (Wildman–Crippen MR) is 48.1 cm³/mol. The average Bonchev–Trinajstić information content (AvgIpc) is 1.95. The Labute approximate surface area is 71.6 Å². The molecule has 1 aromatic rings. The van der Waals surface area contributed by atoms with Gasteiger partial charge in [-0.1, -0.05) is 30.7 Å². The molecule has 0 amide bonds. The van der Waals surface area contributed by atoms with Crippen molar-refractivity contribution in [3.05, 3.63) is 28.8 Å². The van der Waals surface area contributed by atoms with Crippen molar-refractivity contribution in [2.45, 2.75) is 18.2 Å². The van der Waals surface area contributed by atoms with Crippen LogP contribution in [-0.4, -0.2) is 0 Å². The second-order valence-electron chi connectivity index (χ2n) is 2.10. The van der Waals surface area contributed by atoms with E-state index in [9.17, 15) is 0 Å². The number of hydrogen-bond donors (Lipinski definition) is 1. The van der Waals surface area contributed by atoms with Gasteiger partial charge in [0.05, 0.1) is 5.02 Å². The van der Waals surface area contributed by atoms with E-state index >= 15 is 0 Å². The number of hydrogen-bond acceptors (Lipinski definition) is 1. The summed E-state index contributed by atoms with van der Waals surface area (Å²) in [6.07, 6.45) is 0.966. The van der Waals surface area contributed by atoms with Crippen LogP contribution in [0.15, 0.2) is 23.1 Å². The molecule has 0 saturated carbocycles. The van der Waals surface area contributed by atoms with Crippen LogP contribution in [0.3, 0.4) is 0 Å². The van der Waals surface area contributed by atoms with Gasteiger partial charge in [-0.2, -0.15) is 0 Å². The Kier molecular flexibility index (Phi) is 2.64. The Morgan fingerprint density at radius 3 is 2.70 bits per heavy atom. The zero-order chi connectivity index (χ0) is 7.56. The highest BCUT2D eigenvalue weighted by Crippen LogP contribution is 2.23. The summed E-state index contributed by atoms with van der Waals surface area (Å²) in [6.45, 7) is 2.08. The molecule has 0 atom stereocenters. The van der Waals surface area contributed by atoms with Gasteiger partial charge in [0.25, 0.3) is 0 Å². The maximum Gasteiger partial charge on any atom is 0.0571 e. The zero-order valence-corrected chi connectivity index (χ0v) is 7.41. The van der Waals surface area contributed by atoms with Crippen molar-refractivity contribution in [1.82, 2.24) is 0 Å². The van der Waals surface area contributed by atoms with Gasteiger partial charge in [0.1, 0.15) is 0 Å². The zero-order valence-electron chi connectivity index (χ0n) is 5.76. The molecular formula is C8H9ClS. The van der Waals surface area contributed by atoms with Gasteiger partial charge in [0, 0.05) is 4.90 Å². The van der Waals surface area contributed by atoms with Gasteiger partial charge in [-0.25, -0.2) is 0 Å². The number of thiol groups is 1. The maximum atomic E-state index is 5.92. The summed E-state index contributed by atoms with van der Waals surface area (Å²) in [4.78, 5) is 0.862. The maximum absolute atomic E-state index is 5.92. The third-order valence-electron chi connectivity index (χ3n) is 1.44. The normalized spacial score (nSPS) is 9.90. The first-order valence-corrected chi connectivity index (χ1v) is 4.04. The molecule has 10 heavy (non-hydrogen) atoms. The molecule has 0 N–H and O–H groups in total. The van der Waals surface area contributed by atoms with E-state index < -0.39 is 0 Å². The van der Waals surface area contributed by atoms with E-state index in [1.807, 2.05) is 18.2 Å². The van der Waals surface area contributed by atoms with E-state index in [1.165, 1.54) is 0 Å². The average molecular weight is 173 g/mol. The fraction of sp³-hybridized carbons (Fsp3) is 0.250. The molecule has 0 nitrogen and oxygen atoms in total. The SMILES string of the molecule is CCc1cccc(S)c1Cl. The fourth-order valence-electron chi connectivity index (χ4n) is 0.839. The van der Waals surface area contributed by atoms with Crippen molar-refractivity contribution >= 4 is 24.2 Å². The lowest BCUT2D eigenvalue weighted by atomic mass is 10.2. The summed E-state index contributed by atoms with van der Waals surface area (Å²) in [5.74, 6) is 0. The van der Waals surface area contributed by atoms with E-state index in [-0.39, 0.29) is 0 Å². The Balaban J connectivity index is 3.14. The molecular weight excluding hydrogens is 164 g/mol. The first-order valence-electron chi connectivity index (χ1n) is 3.22.